The van der Waals surface area contributed by atoms with E-state index in [4.69, 9.17) is 9.47 Å². The van der Waals surface area contributed by atoms with Gasteiger partial charge in [-0.25, -0.2) is 8.42 Å². The number of hydrogen-bond donors (Lipinski definition) is 0. The molecule has 9 nitrogen and oxygen atoms in total. The van der Waals surface area contributed by atoms with Crippen LogP contribution in [0.15, 0.2) is 0 Å². The van der Waals surface area contributed by atoms with Crippen LogP contribution in [0.3, 0.4) is 0 Å². The maximum absolute atomic E-state index is 13.3. The summed E-state index contributed by atoms with van der Waals surface area (Å²) < 4.78 is 46.8. The molecule has 0 N–H and O–H groups in total. The van der Waals surface area contributed by atoms with E-state index < -0.39 is 20.9 Å². The van der Waals surface area contributed by atoms with Crippen molar-refractivity contribution in [2.24, 2.45) is 10.8 Å². The molecule has 2 unspecified atom stereocenters. The monoisotopic (exact) mass is 817 g/mol. The van der Waals surface area contributed by atoms with Gasteiger partial charge in [0, 0.05) is 38.2 Å². The number of esters is 2. The van der Waals surface area contributed by atoms with Crippen molar-refractivity contribution in [2.45, 2.75) is 222 Å². The number of carbonyl (C=O) groups excluding carboxylic acids is 2. The van der Waals surface area contributed by atoms with Gasteiger partial charge in [0.2, 0.25) is 0 Å². The number of unbranched alkanes of at least 4 members (excludes halogenated alkanes) is 18. The topological polar surface area (TPSA) is 113 Å². The van der Waals surface area contributed by atoms with Crippen LogP contribution < -0.4 is 0 Å². The number of ether oxygens (including phenoxy) is 2. The highest BCUT2D eigenvalue weighted by Crippen LogP contribution is 2.23. The normalized spacial score (nSPS) is 13.9. The first-order valence-corrected chi connectivity index (χ1v) is 24.7. The maximum atomic E-state index is 13.3. The van der Waals surface area contributed by atoms with Gasteiger partial charge < -0.3 is 18.5 Å². The van der Waals surface area contributed by atoms with Gasteiger partial charge in [-0.1, -0.05) is 129 Å². The van der Waals surface area contributed by atoms with E-state index in [1.165, 1.54) is 103 Å². The van der Waals surface area contributed by atoms with E-state index in [0.717, 1.165) is 58.0 Å². The summed E-state index contributed by atoms with van der Waals surface area (Å²) in [6.07, 6.45) is 27.1. The summed E-state index contributed by atoms with van der Waals surface area (Å²) in [4.78, 5) is 28.9. The van der Waals surface area contributed by atoms with Gasteiger partial charge in [-0.3, -0.25) is 14.5 Å². The molecule has 0 aliphatic heterocycles. The zero-order valence-electron chi connectivity index (χ0n) is 38.5. The number of nitrogens with zero attached hydrogens (tertiary/aromatic N) is 2. The van der Waals surface area contributed by atoms with Crippen molar-refractivity contribution in [1.29, 1.82) is 0 Å². The minimum Gasteiger partial charge on any atom is -0.748 e. The molecular formula is C46H92N2O7S. The van der Waals surface area contributed by atoms with Crippen molar-refractivity contribution in [3.05, 3.63) is 0 Å². The van der Waals surface area contributed by atoms with Gasteiger partial charge in [-0.05, 0) is 67.2 Å². The third kappa shape index (κ3) is 32.7. The van der Waals surface area contributed by atoms with Gasteiger partial charge in [0.25, 0.3) is 0 Å². The van der Waals surface area contributed by atoms with Crippen molar-refractivity contribution < 1.29 is 36.5 Å². The van der Waals surface area contributed by atoms with Crippen LogP contribution in [0.4, 0.5) is 0 Å². The first kappa shape index (κ1) is 54.8. The fourth-order valence-corrected chi connectivity index (χ4v) is 7.57. The molecule has 0 aliphatic carbocycles. The van der Waals surface area contributed by atoms with E-state index >= 15 is 0 Å². The Balaban J connectivity index is 5.85. The van der Waals surface area contributed by atoms with Crippen molar-refractivity contribution in [1.82, 2.24) is 4.90 Å². The van der Waals surface area contributed by atoms with Gasteiger partial charge in [0.05, 0.1) is 48.1 Å². The SMILES string of the molecule is CCCCCCCCCCCCC(CN(CCC[N+](C)(C)CCCS(=O)(=O)[O-])CC(CCCCCCCCCCCC)OC(=O)C(C)(C)C)OC(=O)C(C)(C)C. The molecule has 0 aromatic carbocycles. The molecule has 0 amide bonds. The zero-order valence-corrected chi connectivity index (χ0v) is 39.3. The van der Waals surface area contributed by atoms with E-state index in [1.54, 1.807) is 0 Å². The van der Waals surface area contributed by atoms with E-state index in [9.17, 15) is 22.6 Å². The van der Waals surface area contributed by atoms with Gasteiger partial charge in [-0.15, -0.1) is 0 Å². The quantitative estimate of drug-likeness (QED) is 0.0266. The summed E-state index contributed by atoms with van der Waals surface area (Å²) in [7, 11) is -0.0995. The van der Waals surface area contributed by atoms with E-state index in [1.807, 2.05) is 41.5 Å². The van der Waals surface area contributed by atoms with Crippen LogP contribution in [0.1, 0.15) is 209 Å². The standard InChI is InChI=1S/C46H92N2O7S/c1-11-13-15-17-19-21-23-25-27-29-33-41(54-43(49)45(3,4)5)39-47(35-31-36-48(9,10)37-32-38-56(51,52)53)40-42(55-44(50)46(6,7)8)34-30-28-26-24-22-20-18-16-14-12-2/h41-42H,11-40H2,1-10H3. The molecule has 0 saturated heterocycles. The van der Waals surface area contributed by atoms with Crippen LogP contribution in [0, 0.1) is 10.8 Å². The predicted molar refractivity (Wildman–Crippen MR) is 234 cm³/mol. The van der Waals surface area contributed by atoms with Crippen LogP contribution in [0.25, 0.3) is 0 Å². The third-order valence-corrected chi connectivity index (χ3v) is 11.6. The van der Waals surface area contributed by atoms with Gasteiger partial charge in [0.1, 0.15) is 12.2 Å². The third-order valence-electron chi connectivity index (χ3n) is 10.9. The van der Waals surface area contributed by atoms with Crippen LogP contribution in [-0.4, -0.2) is 99.1 Å². The fraction of sp³-hybridized carbons (Fsp3) is 0.957. The highest BCUT2D eigenvalue weighted by atomic mass is 32.2. The van der Waals surface area contributed by atoms with E-state index in [-0.39, 0.29) is 29.9 Å². The minimum atomic E-state index is -4.24. The lowest BCUT2D eigenvalue weighted by Crippen LogP contribution is -2.46. The Hall–Kier alpha value is -1.23. The number of carbonyl (C=O) groups is 2. The van der Waals surface area contributed by atoms with Gasteiger partial charge in [-0.2, -0.15) is 0 Å². The molecule has 56 heavy (non-hydrogen) atoms. The second kappa shape index (κ2) is 30.8. The lowest BCUT2D eigenvalue weighted by atomic mass is 9.97. The molecule has 0 radical (unpaired) electrons. The Kier molecular flexibility index (Phi) is 30.1. The van der Waals surface area contributed by atoms with Gasteiger partial charge in [0.15, 0.2) is 0 Å². The molecule has 0 aromatic heterocycles. The van der Waals surface area contributed by atoms with Crippen molar-refractivity contribution in [2.75, 3.05) is 52.6 Å². The average molecular weight is 817 g/mol. The number of quaternary nitrogens is 1. The fourth-order valence-electron chi connectivity index (χ4n) is 7.09. The first-order chi connectivity index (χ1) is 26.2. The molecule has 334 valence electrons. The van der Waals surface area contributed by atoms with Crippen molar-refractivity contribution >= 4 is 22.1 Å². The molecule has 0 heterocycles. The molecule has 10 heteroatoms. The second-order valence-electron chi connectivity index (χ2n) is 19.6. The highest BCUT2D eigenvalue weighted by Gasteiger charge is 2.30. The lowest BCUT2D eigenvalue weighted by molar-refractivity contribution is -0.890. The maximum Gasteiger partial charge on any atom is 0.311 e. The largest absolute Gasteiger partial charge is 0.748 e. The van der Waals surface area contributed by atoms with Crippen molar-refractivity contribution in [3.63, 3.8) is 0 Å². The van der Waals surface area contributed by atoms with Crippen LogP contribution in [0.5, 0.6) is 0 Å². The number of hydrogen-bond acceptors (Lipinski definition) is 8. The molecule has 0 bridgehead atoms. The molecular weight excluding hydrogens is 725 g/mol. The summed E-state index contributed by atoms with van der Waals surface area (Å²) in [5.41, 5.74) is -1.22. The molecule has 0 aliphatic rings. The number of rotatable bonds is 36. The lowest BCUT2D eigenvalue weighted by Gasteiger charge is -2.34. The highest BCUT2D eigenvalue weighted by molar-refractivity contribution is 7.85. The Morgan fingerprint density at radius 1 is 0.554 bits per heavy atom. The van der Waals surface area contributed by atoms with Crippen LogP contribution >= 0.6 is 0 Å². The summed E-state index contributed by atoms with van der Waals surface area (Å²) in [6, 6.07) is 0. The first-order valence-electron chi connectivity index (χ1n) is 23.1. The Morgan fingerprint density at radius 2 is 0.875 bits per heavy atom. The molecule has 0 aromatic rings. The minimum absolute atomic E-state index is 0.193. The van der Waals surface area contributed by atoms with Crippen LogP contribution in [-0.2, 0) is 29.2 Å². The Bertz CT molecular complexity index is 1040. The van der Waals surface area contributed by atoms with E-state index in [0.29, 0.717) is 30.5 Å². The summed E-state index contributed by atoms with van der Waals surface area (Å²) in [5.74, 6) is -0.733. The zero-order chi connectivity index (χ0) is 42.5. The van der Waals surface area contributed by atoms with Crippen LogP contribution in [0.2, 0.25) is 0 Å². The summed E-state index contributed by atoms with van der Waals surface area (Å²) >= 11 is 0. The van der Waals surface area contributed by atoms with Gasteiger partial charge >= 0.3 is 11.9 Å². The smallest absolute Gasteiger partial charge is 0.311 e. The van der Waals surface area contributed by atoms with Crippen molar-refractivity contribution in [3.8, 4) is 0 Å². The predicted octanol–water partition coefficient (Wildman–Crippen LogP) is 11.2. The summed E-state index contributed by atoms with van der Waals surface area (Å²) in [5, 5.41) is 0. The average Bonchev–Trinajstić information content (AvgIpc) is 3.08. The molecule has 0 spiro atoms. The molecule has 0 saturated carbocycles. The molecule has 0 rings (SSSR count). The molecule has 2 atom stereocenters. The summed E-state index contributed by atoms with van der Waals surface area (Å²) in [6.45, 7) is 19.2. The van der Waals surface area contributed by atoms with E-state index in [2.05, 4.69) is 32.8 Å². The Morgan fingerprint density at radius 3 is 1.20 bits per heavy atom. The molecule has 0 fully saturated rings. The Labute approximate surface area is 347 Å². The second-order valence-corrected chi connectivity index (χ2v) is 21.1.